The number of fused-ring (bicyclic) bond motifs is 1. The van der Waals surface area contributed by atoms with Crippen LogP contribution >= 0.6 is 0 Å². The summed E-state index contributed by atoms with van der Waals surface area (Å²) in [6, 6.07) is 5.79. The molecule has 1 unspecified atom stereocenters. The summed E-state index contributed by atoms with van der Waals surface area (Å²) in [7, 11) is 0. The van der Waals surface area contributed by atoms with Crippen LogP contribution in [0, 0.1) is 0 Å². The summed E-state index contributed by atoms with van der Waals surface area (Å²) >= 11 is 0. The number of esters is 2. The SMILES string of the molecule is CCOC(=O)C1=C(COC(=O)CCn2c(=O)oc3ccccc32)NC(=O)NC1C. The topological polar surface area (TPSA) is 129 Å². The van der Waals surface area contributed by atoms with Crippen LogP contribution in [0.25, 0.3) is 11.1 Å². The Morgan fingerprint density at radius 3 is 2.72 bits per heavy atom. The van der Waals surface area contributed by atoms with Gasteiger partial charge in [0.2, 0.25) is 0 Å². The van der Waals surface area contributed by atoms with Gasteiger partial charge in [-0.25, -0.2) is 14.4 Å². The van der Waals surface area contributed by atoms with Crippen molar-refractivity contribution in [3.8, 4) is 0 Å². The number of carbonyl (C=O) groups excluding carboxylic acids is 3. The fourth-order valence-electron chi connectivity index (χ4n) is 3.05. The third-order valence-corrected chi connectivity index (χ3v) is 4.36. The second-order valence-electron chi connectivity index (χ2n) is 6.33. The molecule has 2 N–H and O–H groups in total. The van der Waals surface area contributed by atoms with Gasteiger partial charge in [-0.3, -0.25) is 9.36 Å². The van der Waals surface area contributed by atoms with Crippen LogP contribution in [0.15, 0.2) is 44.7 Å². The molecule has 0 bridgehead atoms. The second-order valence-corrected chi connectivity index (χ2v) is 6.33. The van der Waals surface area contributed by atoms with Gasteiger partial charge in [-0.15, -0.1) is 0 Å². The quantitative estimate of drug-likeness (QED) is 0.661. The van der Waals surface area contributed by atoms with Crippen LogP contribution in [-0.4, -0.2) is 41.8 Å². The molecule has 154 valence electrons. The summed E-state index contributed by atoms with van der Waals surface area (Å²) in [5.41, 5.74) is 1.37. The first-order valence-electron chi connectivity index (χ1n) is 9.12. The molecule has 0 fully saturated rings. The van der Waals surface area contributed by atoms with Crippen molar-refractivity contribution in [1.29, 1.82) is 0 Å². The van der Waals surface area contributed by atoms with Crippen LogP contribution in [0.1, 0.15) is 20.3 Å². The monoisotopic (exact) mass is 403 g/mol. The Labute approximate surface area is 165 Å². The summed E-state index contributed by atoms with van der Waals surface area (Å²) in [5, 5.41) is 5.03. The van der Waals surface area contributed by atoms with E-state index in [1.807, 2.05) is 0 Å². The first kappa shape index (κ1) is 20.2. The molecule has 1 aromatic heterocycles. The smallest absolute Gasteiger partial charge is 0.419 e. The fraction of sp³-hybridized carbons (Fsp3) is 0.368. The lowest BCUT2D eigenvalue weighted by Crippen LogP contribution is -2.50. The summed E-state index contributed by atoms with van der Waals surface area (Å²) in [4.78, 5) is 48.0. The Bertz CT molecular complexity index is 1030. The zero-order valence-corrected chi connectivity index (χ0v) is 16.0. The second kappa shape index (κ2) is 8.63. The van der Waals surface area contributed by atoms with Crippen molar-refractivity contribution >= 4 is 29.1 Å². The van der Waals surface area contributed by atoms with Gasteiger partial charge < -0.3 is 24.5 Å². The zero-order valence-electron chi connectivity index (χ0n) is 16.0. The maximum absolute atomic E-state index is 12.2. The van der Waals surface area contributed by atoms with E-state index in [9.17, 15) is 19.2 Å². The molecule has 3 rings (SSSR count). The highest BCUT2D eigenvalue weighted by Crippen LogP contribution is 2.15. The number of nitrogens with zero attached hydrogens (tertiary/aromatic N) is 1. The van der Waals surface area contributed by atoms with Gasteiger partial charge in [-0.2, -0.15) is 0 Å². The van der Waals surface area contributed by atoms with Gasteiger partial charge >= 0.3 is 23.7 Å². The van der Waals surface area contributed by atoms with E-state index < -0.39 is 29.8 Å². The predicted molar refractivity (Wildman–Crippen MR) is 101 cm³/mol. The van der Waals surface area contributed by atoms with Crippen LogP contribution in [0.2, 0.25) is 0 Å². The number of para-hydroxylation sites is 2. The lowest BCUT2D eigenvalue weighted by atomic mass is 10.0. The molecule has 2 heterocycles. The maximum Gasteiger partial charge on any atom is 0.419 e. The summed E-state index contributed by atoms with van der Waals surface area (Å²) in [5.74, 6) is -1.76. The van der Waals surface area contributed by atoms with E-state index in [0.29, 0.717) is 11.1 Å². The molecule has 1 aliphatic heterocycles. The molecule has 10 heteroatoms. The van der Waals surface area contributed by atoms with E-state index in [0.717, 1.165) is 0 Å². The first-order valence-corrected chi connectivity index (χ1v) is 9.12. The number of nitrogens with one attached hydrogen (secondary N) is 2. The van der Waals surface area contributed by atoms with Gasteiger partial charge in [0.1, 0.15) is 6.61 Å². The van der Waals surface area contributed by atoms with Crippen molar-refractivity contribution in [3.63, 3.8) is 0 Å². The van der Waals surface area contributed by atoms with E-state index in [1.54, 1.807) is 38.1 Å². The number of hydrogen-bond acceptors (Lipinski definition) is 7. The molecule has 1 aromatic carbocycles. The van der Waals surface area contributed by atoms with Crippen LogP contribution in [0.3, 0.4) is 0 Å². The maximum atomic E-state index is 12.2. The molecule has 2 aromatic rings. The molecule has 0 saturated heterocycles. The van der Waals surface area contributed by atoms with E-state index in [2.05, 4.69) is 10.6 Å². The van der Waals surface area contributed by atoms with E-state index >= 15 is 0 Å². The average Bonchev–Trinajstić information content (AvgIpc) is 2.99. The van der Waals surface area contributed by atoms with Crippen LogP contribution in [0.5, 0.6) is 0 Å². The lowest BCUT2D eigenvalue weighted by Gasteiger charge is -2.26. The molecule has 0 radical (unpaired) electrons. The summed E-state index contributed by atoms with van der Waals surface area (Å²) in [6.45, 7) is 3.24. The molecular weight excluding hydrogens is 382 g/mol. The van der Waals surface area contributed by atoms with Crippen LogP contribution in [-0.2, 0) is 25.6 Å². The summed E-state index contributed by atoms with van der Waals surface area (Å²) < 4.78 is 16.6. The predicted octanol–water partition coefficient (Wildman–Crippen LogP) is 1.05. The largest absolute Gasteiger partial charge is 0.463 e. The Morgan fingerprint density at radius 2 is 1.97 bits per heavy atom. The van der Waals surface area contributed by atoms with Crippen LogP contribution in [0.4, 0.5) is 4.79 Å². The van der Waals surface area contributed by atoms with Crippen molar-refractivity contribution in [3.05, 3.63) is 46.1 Å². The van der Waals surface area contributed by atoms with Crippen LogP contribution < -0.4 is 16.4 Å². The molecule has 0 saturated carbocycles. The minimum Gasteiger partial charge on any atom is -0.463 e. The van der Waals surface area contributed by atoms with Gasteiger partial charge in [-0.1, -0.05) is 12.1 Å². The highest BCUT2D eigenvalue weighted by atomic mass is 16.5. The number of rotatable bonds is 7. The number of oxazole rings is 1. The molecule has 1 atom stereocenters. The van der Waals surface area contributed by atoms with E-state index in [1.165, 1.54) is 4.57 Å². The highest BCUT2D eigenvalue weighted by Gasteiger charge is 2.30. The van der Waals surface area contributed by atoms with Gasteiger partial charge in [0.15, 0.2) is 5.58 Å². The minimum absolute atomic E-state index is 0.0722. The number of aromatic nitrogens is 1. The molecule has 29 heavy (non-hydrogen) atoms. The standard InChI is InChI=1S/C19H21N3O7/c1-3-27-17(24)16-11(2)20-18(25)21-12(16)10-28-15(23)8-9-22-13-6-4-5-7-14(13)29-19(22)26/h4-7,11H,3,8-10H2,1-2H3,(H2,20,21,25). The van der Waals surface area contributed by atoms with Gasteiger partial charge in [0.05, 0.1) is 35.9 Å². The van der Waals surface area contributed by atoms with E-state index in [4.69, 9.17) is 13.9 Å². The molecule has 0 aliphatic carbocycles. The van der Waals surface area contributed by atoms with Gasteiger partial charge in [0, 0.05) is 6.54 Å². The normalized spacial score (nSPS) is 16.3. The molecular formula is C19H21N3O7. The third-order valence-electron chi connectivity index (χ3n) is 4.36. The number of carbonyl (C=O) groups is 3. The van der Waals surface area contributed by atoms with Crippen molar-refractivity contribution in [2.24, 2.45) is 0 Å². The van der Waals surface area contributed by atoms with Crippen molar-refractivity contribution in [2.75, 3.05) is 13.2 Å². The van der Waals surface area contributed by atoms with E-state index in [-0.39, 0.29) is 37.4 Å². The number of aryl methyl sites for hydroxylation is 1. The molecule has 2 amide bonds. The Morgan fingerprint density at radius 1 is 1.21 bits per heavy atom. The number of ether oxygens (including phenoxy) is 2. The fourth-order valence-corrected chi connectivity index (χ4v) is 3.05. The number of amides is 2. The number of urea groups is 1. The number of benzene rings is 1. The first-order chi connectivity index (χ1) is 13.9. The molecule has 0 spiro atoms. The Kier molecular flexibility index (Phi) is 6.01. The van der Waals surface area contributed by atoms with Crippen molar-refractivity contribution < 1.29 is 28.3 Å². The van der Waals surface area contributed by atoms with Crippen molar-refractivity contribution in [1.82, 2.24) is 15.2 Å². The summed E-state index contributed by atoms with van der Waals surface area (Å²) in [6.07, 6.45) is -0.0901. The third kappa shape index (κ3) is 4.48. The highest BCUT2D eigenvalue weighted by molar-refractivity contribution is 5.94. The zero-order chi connectivity index (χ0) is 21.0. The average molecular weight is 403 g/mol. The Hall–Kier alpha value is -3.56. The number of hydrogen-bond donors (Lipinski definition) is 2. The van der Waals surface area contributed by atoms with Crippen molar-refractivity contribution in [2.45, 2.75) is 32.9 Å². The molecule has 10 nitrogen and oxygen atoms in total. The molecule has 1 aliphatic rings. The lowest BCUT2D eigenvalue weighted by molar-refractivity contribution is -0.144. The Balaban J connectivity index is 1.66. The van der Waals surface area contributed by atoms with Gasteiger partial charge in [-0.05, 0) is 26.0 Å². The minimum atomic E-state index is -0.602. The van der Waals surface area contributed by atoms with Gasteiger partial charge in [0.25, 0.3) is 0 Å².